The molecule has 2 heterocycles. The van der Waals surface area contributed by atoms with Gasteiger partial charge in [-0.05, 0) is 49.2 Å². The SMILES string of the molecule is CC[C@@](C)(N=[N+]=[N-])c1cnc(O[C@@H](C)CCS(=O)(=O)CC)c2cnc(Cl)cc12. The molecular weight excluding hydrogens is 402 g/mol. The minimum atomic E-state index is -3.07. The normalized spacial score (nSPS) is 14.9. The lowest BCUT2D eigenvalue weighted by molar-refractivity contribution is 0.212. The molecule has 28 heavy (non-hydrogen) atoms. The standard InChI is InChI=1S/C18H24ClN5O3S/c1-5-18(4,23-24-20)15-11-22-17(14-10-21-16(19)9-13(14)15)27-12(3)7-8-28(25,26)6-2/h9-12H,5-8H2,1-4H3/t12-,18+/m0/s1. The molecule has 0 saturated carbocycles. The van der Waals surface area contributed by atoms with Crippen molar-refractivity contribution in [3.63, 3.8) is 0 Å². The Labute approximate surface area is 169 Å². The summed E-state index contributed by atoms with van der Waals surface area (Å²) in [6.45, 7) is 7.17. The first-order chi connectivity index (χ1) is 13.2. The Morgan fingerprint density at radius 3 is 2.64 bits per heavy atom. The van der Waals surface area contributed by atoms with Crippen LogP contribution in [0, 0.1) is 0 Å². The molecule has 0 bridgehead atoms. The summed E-state index contributed by atoms with van der Waals surface area (Å²) >= 11 is 6.09. The van der Waals surface area contributed by atoms with Crippen LogP contribution in [0.1, 0.15) is 46.1 Å². The number of ether oxygens (including phenoxy) is 1. The Hall–Kier alpha value is -2.09. The minimum absolute atomic E-state index is 0.0511. The molecule has 2 atom stereocenters. The number of rotatable bonds is 9. The topological polar surface area (TPSA) is 118 Å². The number of halogens is 1. The fourth-order valence-electron chi connectivity index (χ4n) is 2.76. The summed E-state index contributed by atoms with van der Waals surface area (Å²) in [6.07, 6.45) is 3.74. The zero-order chi connectivity index (χ0) is 20.9. The van der Waals surface area contributed by atoms with Gasteiger partial charge in [0.1, 0.15) is 15.0 Å². The zero-order valence-corrected chi connectivity index (χ0v) is 18.0. The van der Waals surface area contributed by atoms with Gasteiger partial charge in [0.05, 0.1) is 22.8 Å². The summed E-state index contributed by atoms with van der Waals surface area (Å²) in [5, 5.41) is 5.61. The van der Waals surface area contributed by atoms with E-state index in [2.05, 4.69) is 20.0 Å². The van der Waals surface area contributed by atoms with Crippen molar-refractivity contribution in [2.24, 2.45) is 5.11 Å². The molecule has 0 amide bonds. The first-order valence-corrected chi connectivity index (χ1v) is 11.2. The van der Waals surface area contributed by atoms with E-state index < -0.39 is 15.4 Å². The summed E-state index contributed by atoms with van der Waals surface area (Å²) in [4.78, 5) is 11.5. The first kappa shape index (κ1) is 22.2. The lowest BCUT2D eigenvalue weighted by Crippen LogP contribution is -2.21. The lowest BCUT2D eigenvalue weighted by Gasteiger charge is -2.25. The summed E-state index contributed by atoms with van der Waals surface area (Å²) in [6, 6.07) is 1.69. The van der Waals surface area contributed by atoms with E-state index in [1.807, 2.05) is 13.8 Å². The van der Waals surface area contributed by atoms with Crippen LogP contribution >= 0.6 is 11.6 Å². The van der Waals surface area contributed by atoms with Gasteiger partial charge in [0.15, 0.2) is 0 Å². The molecule has 0 aliphatic carbocycles. The predicted octanol–water partition coefficient (Wildman–Crippen LogP) is 4.81. The van der Waals surface area contributed by atoms with Crippen molar-refractivity contribution >= 4 is 32.2 Å². The van der Waals surface area contributed by atoms with Crippen molar-refractivity contribution in [1.82, 2.24) is 9.97 Å². The average molecular weight is 426 g/mol. The number of hydrogen-bond donors (Lipinski definition) is 0. The number of fused-ring (bicyclic) bond motifs is 1. The van der Waals surface area contributed by atoms with Gasteiger partial charge in [-0.2, -0.15) is 0 Å². The number of nitrogens with zero attached hydrogens (tertiary/aromatic N) is 5. The van der Waals surface area contributed by atoms with Gasteiger partial charge in [0.2, 0.25) is 5.88 Å². The summed E-state index contributed by atoms with van der Waals surface area (Å²) in [5.41, 5.74) is 8.89. The van der Waals surface area contributed by atoms with E-state index >= 15 is 0 Å². The van der Waals surface area contributed by atoms with Crippen molar-refractivity contribution in [2.45, 2.75) is 52.2 Å². The molecule has 0 fully saturated rings. The second-order valence-electron chi connectivity index (χ2n) is 6.80. The third kappa shape index (κ3) is 5.04. The van der Waals surface area contributed by atoms with Gasteiger partial charge in [-0.1, -0.05) is 30.6 Å². The molecule has 0 aliphatic rings. The first-order valence-electron chi connectivity index (χ1n) is 9.03. The van der Waals surface area contributed by atoms with E-state index in [1.165, 1.54) is 0 Å². The molecule has 0 aromatic carbocycles. The van der Waals surface area contributed by atoms with Crippen LogP contribution in [0.4, 0.5) is 0 Å². The van der Waals surface area contributed by atoms with Crippen molar-refractivity contribution < 1.29 is 13.2 Å². The fraction of sp³-hybridized carbons (Fsp3) is 0.556. The largest absolute Gasteiger partial charge is 0.474 e. The quantitative estimate of drug-likeness (QED) is 0.247. The Morgan fingerprint density at radius 2 is 2.04 bits per heavy atom. The highest BCUT2D eigenvalue weighted by Gasteiger charge is 2.27. The summed E-state index contributed by atoms with van der Waals surface area (Å²) in [7, 11) is -3.07. The molecule has 2 rings (SSSR count). The van der Waals surface area contributed by atoms with E-state index in [9.17, 15) is 8.42 Å². The van der Waals surface area contributed by atoms with E-state index in [0.29, 0.717) is 29.3 Å². The number of pyridine rings is 2. The predicted molar refractivity (Wildman–Crippen MR) is 110 cm³/mol. The zero-order valence-electron chi connectivity index (χ0n) is 16.4. The maximum absolute atomic E-state index is 11.7. The van der Waals surface area contributed by atoms with Gasteiger partial charge in [-0.15, -0.1) is 0 Å². The second-order valence-corrected chi connectivity index (χ2v) is 9.66. The molecular formula is C18H24ClN5O3S. The molecule has 0 N–H and O–H groups in total. The monoisotopic (exact) mass is 425 g/mol. The van der Waals surface area contributed by atoms with Gasteiger partial charge in [0.25, 0.3) is 0 Å². The fourth-order valence-corrected chi connectivity index (χ4v) is 3.90. The average Bonchev–Trinajstić information content (AvgIpc) is 2.66. The number of hydrogen-bond acceptors (Lipinski definition) is 6. The van der Waals surface area contributed by atoms with Crippen LogP contribution in [0.15, 0.2) is 23.6 Å². The highest BCUT2D eigenvalue weighted by atomic mass is 35.5. The van der Waals surface area contributed by atoms with Crippen LogP contribution in [0.5, 0.6) is 5.88 Å². The third-order valence-corrected chi connectivity index (χ3v) is 6.77. The maximum atomic E-state index is 11.7. The summed E-state index contributed by atoms with van der Waals surface area (Å²) in [5.74, 6) is 0.492. The molecule has 10 heteroatoms. The van der Waals surface area contributed by atoms with Gasteiger partial charge < -0.3 is 4.74 Å². The van der Waals surface area contributed by atoms with Crippen LogP contribution in [0.3, 0.4) is 0 Å². The minimum Gasteiger partial charge on any atom is -0.474 e. The molecule has 152 valence electrons. The Morgan fingerprint density at radius 1 is 1.32 bits per heavy atom. The molecule has 2 aromatic heterocycles. The number of sulfone groups is 1. The van der Waals surface area contributed by atoms with E-state index in [1.54, 1.807) is 32.3 Å². The number of aromatic nitrogens is 2. The smallest absolute Gasteiger partial charge is 0.223 e. The Kier molecular flexibility index (Phi) is 7.09. The molecule has 0 aliphatic heterocycles. The van der Waals surface area contributed by atoms with Gasteiger partial charge in [0, 0.05) is 23.1 Å². The second kappa shape index (κ2) is 8.94. The van der Waals surface area contributed by atoms with Gasteiger partial charge >= 0.3 is 0 Å². The molecule has 0 unspecified atom stereocenters. The highest BCUT2D eigenvalue weighted by molar-refractivity contribution is 7.91. The van der Waals surface area contributed by atoms with Crippen LogP contribution in [0.25, 0.3) is 21.2 Å². The maximum Gasteiger partial charge on any atom is 0.223 e. The van der Waals surface area contributed by atoms with E-state index in [4.69, 9.17) is 21.9 Å². The third-order valence-electron chi connectivity index (χ3n) is 4.82. The lowest BCUT2D eigenvalue weighted by atomic mass is 9.88. The Bertz CT molecular complexity index is 1010. The van der Waals surface area contributed by atoms with Crippen LogP contribution in [-0.2, 0) is 15.4 Å². The molecule has 0 spiro atoms. The van der Waals surface area contributed by atoms with Crippen LogP contribution in [0.2, 0.25) is 5.15 Å². The molecule has 0 radical (unpaired) electrons. The number of azide groups is 1. The van der Waals surface area contributed by atoms with Gasteiger partial charge in [-0.3, -0.25) is 0 Å². The van der Waals surface area contributed by atoms with Crippen LogP contribution < -0.4 is 4.74 Å². The van der Waals surface area contributed by atoms with Crippen molar-refractivity contribution in [1.29, 1.82) is 0 Å². The van der Waals surface area contributed by atoms with Gasteiger partial charge in [-0.25, -0.2) is 18.4 Å². The van der Waals surface area contributed by atoms with Crippen LogP contribution in [-0.4, -0.2) is 36.0 Å². The van der Waals surface area contributed by atoms with Crippen molar-refractivity contribution in [3.8, 4) is 5.88 Å². The molecule has 0 saturated heterocycles. The Balaban J connectivity index is 2.45. The molecule has 2 aromatic rings. The molecule has 8 nitrogen and oxygen atoms in total. The van der Waals surface area contributed by atoms with E-state index in [0.717, 1.165) is 10.9 Å². The van der Waals surface area contributed by atoms with E-state index in [-0.39, 0.29) is 17.6 Å². The van der Waals surface area contributed by atoms with Crippen molar-refractivity contribution in [2.75, 3.05) is 11.5 Å². The van der Waals surface area contributed by atoms with Crippen molar-refractivity contribution in [3.05, 3.63) is 39.6 Å². The highest BCUT2D eigenvalue weighted by Crippen LogP contribution is 2.37. The summed E-state index contributed by atoms with van der Waals surface area (Å²) < 4.78 is 29.3.